The molecule has 2 unspecified atom stereocenters. The smallest absolute Gasteiger partial charge is 0.336 e. The first kappa shape index (κ1) is 27.6. The number of hydrogen-bond donors (Lipinski definition) is 2. The molecule has 0 radical (unpaired) electrons. The van der Waals surface area contributed by atoms with E-state index in [2.05, 4.69) is 37.3 Å². The Bertz CT molecular complexity index is 1700. The number of carbonyl (C=O) groups excluding carboxylic acids is 2. The zero-order valence-corrected chi connectivity index (χ0v) is 22.6. The highest BCUT2D eigenvalue weighted by Gasteiger charge is 2.70. The Hall–Kier alpha value is -4.51. The minimum absolute atomic E-state index is 0.0887. The Morgan fingerprint density at radius 1 is 1.17 bits per heavy atom. The second-order valence-electron chi connectivity index (χ2n) is 10.7. The van der Waals surface area contributed by atoms with E-state index in [1.807, 2.05) is 6.07 Å². The molecule has 6 rings (SSSR count). The predicted octanol–water partition coefficient (Wildman–Crippen LogP) is 1.38. The van der Waals surface area contributed by atoms with Gasteiger partial charge in [-0.1, -0.05) is 11.8 Å². The number of hydrogen-bond acceptors (Lipinski definition) is 9. The molecule has 13 nitrogen and oxygen atoms in total. The van der Waals surface area contributed by atoms with Crippen LogP contribution in [0.5, 0.6) is 0 Å². The maximum Gasteiger partial charge on any atom is 0.403 e. The van der Waals surface area contributed by atoms with Gasteiger partial charge in [0.05, 0.1) is 31.7 Å². The lowest BCUT2D eigenvalue weighted by atomic mass is 10.0. The summed E-state index contributed by atoms with van der Waals surface area (Å²) in [5.74, 6) is 3.57. The average Bonchev–Trinajstić information content (AvgIpc) is 3.70. The lowest BCUT2D eigenvalue weighted by molar-refractivity contribution is -0.199. The third-order valence-electron chi connectivity index (χ3n) is 8.04. The topological polar surface area (TPSA) is 176 Å². The van der Waals surface area contributed by atoms with E-state index < -0.39 is 75.4 Å². The van der Waals surface area contributed by atoms with Crippen LogP contribution in [-0.2, 0) is 19.3 Å². The summed E-state index contributed by atoms with van der Waals surface area (Å²) >= 11 is 0. The number of nitrogens with zero attached hydrogens (tertiary/aromatic N) is 8. The molecular formula is C25H23F3N10O3S. The van der Waals surface area contributed by atoms with Gasteiger partial charge in [-0.2, -0.15) is 28.6 Å². The highest BCUT2D eigenvalue weighted by Crippen LogP contribution is 2.59. The van der Waals surface area contributed by atoms with Crippen LogP contribution < -0.4 is 5.32 Å². The summed E-state index contributed by atoms with van der Waals surface area (Å²) < 4.78 is 68.0. The van der Waals surface area contributed by atoms with Crippen molar-refractivity contribution >= 4 is 27.2 Å². The number of likely N-dealkylation sites (tertiary alicyclic amines) is 1. The molecule has 3 fully saturated rings. The van der Waals surface area contributed by atoms with E-state index in [9.17, 15) is 32.2 Å². The average molecular weight is 601 g/mol. The highest BCUT2D eigenvalue weighted by molar-refractivity contribution is 7.97. The van der Waals surface area contributed by atoms with Gasteiger partial charge in [0.1, 0.15) is 48.3 Å². The molecule has 3 aliphatic carbocycles. The molecule has 2 aromatic rings. The van der Waals surface area contributed by atoms with Gasteiger partial charge in [0, 0.05) is 12.6 Å². The van der Waals surface area contributed by atoms with E-state index in [4.69, 9.17) is 4.78 Å². The molecule has 2 N–H and O–H groups in total. The summed E-state index contributed by atoms with van der Waals surface area (Å²) in [4.78, 5) is 35.2. The predicted molar refractivity (Wildman–Crippen MR) is 137 cm³/mol. The number of carbonyl (C=O) groups is 2. The van der Waals surface area contributed by atoms with Gasteiger partial charge in [0.15, 0.2) is 0 Å². The maximum absolute atomic E-state index is 14.4. The van der Waals surface area contributed by atoms with E-state index in [-0.39, 0.29) is 17.0 Å². The molecule has 42 heavy (non-hydrogen) atoms. The van der Waals surface area contributed by atoms with Gasteiger partial charge in [-0.15, -0.1) is 0 Å². The summed E-state index contributed by atoms with van der Waals surface area (Å²) in [7, 11) is -3.94. The number of alkyl halides is 3. The highest BCUT2D eigenvalue weighted by atomic mass is 32.2. The molecule has 17 heteroatoms. The summed E-state index contributed by atoms with van der Waals surface area (Å²) in [5.41, 5.74) is -3.61. The maximum atomic E-state index is 14.4. The first-order valence-electron chi connectivity index (χ1n) is 12.9. The van der Waals surface area contributed by atoms with Gasteiger partial charge < -0.3 is 10.2 Å². The van der Waals surface area contributed by atoms with Crippen molar-refractivity contribution in [1.82, 2.24) is 39.7 Å². The van der Waals surface area contributed by atoms with Gasteiger partial charge in [0.2, 0.25) is 11.8 Å². The molecule has 4 atom stereocenters. The second-order valence-corrected chi connectivity index (χ2v) is 13.0. The van der Waals surface area contributed by atoms with Crippen molar-refractivity contribution in [1.29, 1.82) is 10.0 Å². The summed E-state index contributed by atoms with van der Waals surface area (Å²) in [5, 5.41) is 18.9. The van der Waals surface area contributed by atoms with Crippen LogP contribution in [0.15, 0.2) is 42.4 Å². The number of allylic oxidation sites excluding steroid dienone is 3. The molecule has 2 saturated carbocycles. The van der Waals surface area contributed by atoms with Crippen molar-refractivity contribution in [2.24, 2.45) is 5.41 Å². The van der Waals surface area contributed by atoms with Crippen molar-refractivity contribution in [3.63, 3.8) is 0 Å². The second kappa shape index (κ2) is 9.52. The van der Waals surface area contributed by atoms with Crippen LogP contribution in [0, 0.1) is 33.4 Å². The molecule has 0 bridgehead atoms. The van der Waals surface area contributed by atoms with Gasteiger partial charge in [-0.05, 0) is 38.2 Å². The van der Waals surface area contributed by atoms with E-state index in [0.29, 0.717) is 12.8 Å². The minimum Gasteiger partial charge on any atom is -0.336 e. The van der Waals surface area contributed by atoms with Crippen LogP contribution in [0.25, 0.3) is 5.70 Å². The van der Waals surface area contributed by atoms with Gasteiger partial charge in [-0.3, -0.25) is 9.59 Å². The van der Waals surface area contributed by atoms with Crippen LogP contribution in [-0.4, -0.2) is 80.0 Å². The van der Waals surface area contributed by atoms with Crippen molar-refractivity contribution in [2.75, 3.05) is 6.54 Å². The van der Waals surface area contributed by atoms with Crippen LogP contribution >= 0.6 is 0 Å². The SMILES string of the molecule is N#CC1(NC(=O)[C@@H]2C[C@@H](S(=N)(=O)C3=CC#CC(n4cncn4)C=C3n3cncn3)CN2C(=O)C2(C(F)(F)F)CC2)CC1. The van der Waals surface area contributed by atoms with Gasteiger partial charge in [0.25, 0.3) is 0 Å². The number of aromatic nitrogens is 6. The molecule has 1 aliphatic heterocycles. The lowest BCUT2D eigenvalue weighted by Crippen LogP contribution is -2.53. The normalized spacial score (nSPS) is 26.8. The Labute approximate surface area is 237 Å². The molecule has 0 aromatic carbocycles. The summed E-state index contributed by atoms with van der Waals surface area (Å²) in [6, 6.07) is -0.155. The van der Waals surface area contributed by atoms with E-state index in [1.165, 1.54) is 40.7 Å². The minimum atomic E-state index is -4.84. The first-order valence-corrected chi connectivity index (χ1v) is 14.5. The monoisotopic (exact) mass is 600 g/mol. The van der Waals surface area contributed by atoms with Gasteiger partial charge >= 0.3 is 6.18 Å². The Morgan fingerprint density at radius 3 is 2.45 bits per heavy atom. The standard InChI is InChI=1S/C25H23F3N10O3S/c26-25(27,28)24(6-7-24)22(40)36-10-17(9-19(36)21(39)35-23(11-29)4-5-23)42(30,41)20-3-1-2-16(37-14-31-12-33-37)8-18(20)38-15-32-13-34-38/h3,8,12-17,19,30H,4-7,9-10H2,(H,35,39)/t16?,17-,19+,42?/m1/s1. The largest absolute Gasteiger partial charge is 0.403 e. The van der Waals surface area contributed by atoms with E-state index in [1.54, 1.807) is 6.08 Å². The third-order valence-corrected chi connectivity index (χ3v) is 10.3. The molecular weight excluding hydrogens is 577 g/mol. The van der Waals surface area contributed by atoms with Crippen molar-refractivity contribution < 1.29 is 27.0 Å². The Kier molecular flexibility index (Phi) is 6.27. The Balaban J connectivity index is 1.36. The molecule has 1 saturated heterocycles. The lowest BCUT2D eigenvalue weighted by Gasteiger charge is -2.29. The van der Waals surface area contributed by atoms with Crippen LogP contribution in [0.3, 0.4) is 0 Å². The molecule has 3 heterocycles. The quantitative estimate of drug-likeness (QED) is 0.448. The fourth-order valence-electron chi connectivity index (χ4n) is 5.23. The number of rotatable bonds is 7. The van der Waals surface area contributed by atoms with Crippen molar-refractivity contribution in [3.05, 3.63) is 42.4 Å². The number of nitrogens with one attached hydrogen (secondary N) is 2. The van der Waals surface area contributed by atoms with Crippen molar-refractivity contribution in [2.45, 2.75) is 61.2 Å². The van der Waals surface area contributed by atoms with Gasteiger partial charge in [-0.25, -0.2) is 28.3 Å². The number of amides is 2. The van der Waals surface area contributed by atoms with E-state index >= 15 is 0 Å². The van der Waals surface area contributed by atoms with Crippen LogP contribution in [0.1, 0.15) is 38.1 Å². The molecule has 0 spiro atoms. The molecule has 4 aliphatic rings. The fourth-order valence-corrected chi connectivity index (χ4v) is 7.12. The van der Waals surface area contributed by atoms with E-state index in [0.717, 1.165) is 4.90 Å². The molecule has 2 aromatic heterocycles. The first-order chi connectivity index (χ1) is 19.9. The number of nitriles is 1. The zero-order valence-electron chi connectivity index (χ0n) is 21.8. The molecule has 218 valence electrons. The summed E-state index contributed by atoms with van der Waals surface area (Å²) in [6.45, 7) is -0.529. The summed E-state index contributed by atoms with van der Waals surface area (Å²) in [6.07, 6.45) is 2.79. The zero-order chi connectivity index (χ0) is 29.9. The molecule has 2 amide bonds. The van der Waals surface area contributed by atoms with Crippen molar-refractivity contribution in [3.8, 4) is 17.9 Å². The van der Waals surface area contributed by atoms with Crippen LogP contribution in [0.4, 0.5) is 13.2 Å². The Morgan fingerprint density at radius 2 is 1.88 bits per heavy atom. The fraction of sp³-hybridized carbons (Fsp3) is 0.480. The number of halogens is 3. The van der Waals surface area contributed by atoms with Crippen LogP contribution in [0.2, 0.25) is 0 Å². The third kappa shape index (κ3) is 4.53.